The molecule has 0 heterocycles. The van der Waals surface area contributed by atoms with Gasteiger partial charge in [-0.15, -0.1) is 11.6 Å². The molecule has 0 rings (SSSR count). The van der Waals surface area contributed by atoms with Gasteiger partial charge in [0.2, 0.25) is 0 Å². The van der Waals surface area contributed by atoms with E-state index >= 15 is 0 Å². The number of hydrogen-bond acceptors (Lipinski definition) is 0. The molecule has 0 N–H and O–H groups in total. The normalized spacial score (nSPS) is 7.91. The van der Waals surface area contributed by atoms with Gasteiger partial charge in [-0.25, -0.2) is 0 Å². The van der Waals surface area contributed by atoms with Crippen LogP contribution < -0.4 is 0 Å². The molecule has 0 spiro atoms. The first-order chi connectivity index (χ1) is 5.33. The third kappa shape index (κ3) is 25.1. The van der Waals surface area contributed by atoms with Crippen LogP contribution >= 0.6 is 11.6 Å². The quantitative estimate of drug-likeness (QED) is 0.332. The third-order valence-electron chi connectivity index (χ3n) is 1.44. The molecule has 0 aliphatic carbocycles. The van der Waals surface area contributed by atoms with Crippen LogP contribution in [0, 0.1) is 0 Å². The van der Waals surface area contributed by atoms with E-state index in [0.717, 1.165) is 5.88 Å². The lowest BCUT2D eigenvalue weighted by atomic mass is 9.27. The first-order valence-corrected chi connectivity index (χ1v) is 5.42. The van der Waals surface area contributed by atoms with E-state index in [1.54, 1.807) is 0 Å². The third-order valence-corrected chi connectivity index (χ3v) is 1.71. The first-order valence-electron chi connectivity index (χ1n) is 4.89. The maximum atomic E-state index is 5.38. The molecule has 0 saturated heterocycles. The average Bonchev–Trinajstić information content (AvgIpc) is 2.04. The largest absolute Gasteiger partial charge is 0.127 e. The van der Waals surface area contributed by atoms with Gasteiger partial charge in [0.05, 0.1) is 22.0 Å². The van der Waals surface area contributed by atoms with Crippen LogP contribution in [0.5, 0.6) is 0 Å². The highest BCUT2D eigenvalue weighted by Gasteiger charge is 1.77. The second kappa shape index (κ2) is 16.8. The predicted molar refractivity (Wildman–Crippen MR) is 63.6 cm³/mol. The van der Waals surface area contributed by atoms with Crippen molar-refractivity contribution in [1.82, 2.24) is 0 Å². The highest BCUT2D eigenvalue weighted by molar-refractivity contribution is 7.23. The molecule has 0 aromatic rings. The van der Waals surface area contributed by atoms with Gasteiger partial charge in [0.15, 0.2) is 0 Å². The Labute approximate surface area is 79.3 Å². The summed E-state index contributed by atoms with van der Waals surface area (Å²) in [4.78, 5) is 0. The van der Waals surface area contributed by atoms with E-state index in [-0.39, 0.29) is 0 Å². The van der Waals surface area contributed by atoms with Crippen molar-refractivity contribution in [2.75, 3.05) is 5.88 Å². The molecule has 0 saturated carbocycles. The maximum Gasteiger partial charge on any atom is 0.0776 e. The lowest BCUT2D eigenvalue weighted by Gasteiger charge is -1.84. The van der Waals surface area contributed by atoms with Gasteiger partial charge >= 0.3 is 0 Å². The van der Waals surface area contributed by atoms with Crippen molar-refractivity contribution in [3.8, 4) is 0 Å². The molecule has 0 amide bonds. The summed E-state index contributed by atoms with van der Waals surface area (Å²) in [5, 5.41) is 0. The number of halogens is 1. The molecule has 0 aromatic carbocycles. The molecule has 0 atom stereocenters. The van der Waals surface area contributed by atoms with Gasteiger partial charge in [-0.2, -0.15) is 0 Å². The zero-order valence-electron chi connectivity index (χ0n) is 8.33. The van der Waals surface area contributed by atoms with Crippen LogP contribution in [0.15, 0.2) is 0 Å². The zero-order valence-corrected chi connectivity index (χ0v) is 9.08. The minimum absolute atomic E-state index is 0.827. The molecule has 0 aromatic heterocycles. The Balaban J connectivity index is 0. The summed E-state index contributed by atoms with van der Waals surface area (Å²) in [6, 6.07) is 0. The summed E-state index contributed by atoms with van der Waals surface area (Å²) in [6.45, 7) is 4.38. The summed E-state index contributed by atoms with van der Waals surface area (Å²) in [5.74, 6) is 0.827. The maximum absolute atomic E-state index is 5.38. The second-order valence-electron chi connectivity index (χ2n) is 2.75. The molecule has 11 heavy (non-hydrogen) atoms. The van der Waals surface area contributed by atoms with Gasteiger partial charge in [0, 0.05) is 5.88 Å². The summed E-state index contributed by atoms with van der Waals surface area (Å²) < 4.78 is 0. The van der Waals surface area contributed by atoms with Gasteiger partial charge < -0.3 is 0 Å². The fourth-order valence-corrected chi connectivity index (χ4v) is 0.887. The van der Waals surface area contributed by atoms with E-state index in [1.165, 1.54) is 39.8 Å². The van der Waals surface area contributed by atoms with E-state index in [2.05, 4.69) is 21.6 Å². The number of alkyl halides is 1. The van der Waals surface area contributed by atoms with Crippen molar-refractivity contribution >= 4 is 33.6 Å². The number of hydrogen-bond donors (Lipinski definition) is 0. The predicted octanol–water partition coefficient (Wildman–Crippen LogP) is 1.18. The van der Waals surface area contributed by atoms with Crippen molar-refractivity contribution in [1.29, 1.82) is 0 Å². The molecule has 64 valence electrons. The van der Waals surface area contributed by atoms with E-state index in [0.29, 0.717) is 0 Å². The molecule has 4 heteroatoms. The minimum atomic E-state index is 0.827. The SMILES string of the molecule is BBBCC.CCCCCCl. The van der Waals surface area contributed by atoms with Crippen LogP contribution in [0.2, 0.25) is 6.32 Å². The van der Waals surface area contributed by atoms with Gasteiger partial charge in [-0.05, 0) is 6.42 Å². The van der Waals surface area contributed by atoms with E-state index in [4.69, 9.17) is 11.6 Å². The van der Waals surface area contributed by atoms with Gasteiger partial charge in [0.25, 0.3) is 0 Å². The molecule has 0 nitrogen and oxygen atoms in total. The Morgan fingerprint density at radius 3 is 2.00 bits per heavy atom. The second-order valence-corrected chi connectivity index (χ2v) is 3.13. The van der Waals surface area contributed by atoms with Gasteiger partial charge in [-0.3, -0.25) is 0 Å². The van der Waals surface area contributed by atoms with Crippen molar-refractivity contribution in [3.63, 3.8) is 0 Å². The lowest BCUT2D eigenvalue weighted by Crippen LogP contribution is -1.98. The Kier molecular flexibility index (Phi) is 21.5. The average molecular weight is 172 g/mol. The van der Waals surface area contributed by atoms with Gasteiger partial charge in [-0.1, -0.05) is 33.0 Å². The fraction of sp³-hybridized carbons (Fsp3) is 1.00. The zero-order chi connectivity index (χ0) is 8.95. The van der Waals surface area contributed by atoms with E-state index < -0.39 is 0 Å². The first kappa shape index (κ1) is 14.0. The van der Waals surface area contributed by atoms with Crippen LogP contribution in [0.4, 0.5) is 0 Å². The highest BCUT2D eigenvalue weighted by Crippen LogP contribution is 1.93. The van der Waals surface area contributed by atoms with Gasteiger partial charge in [0.1, 0.15) is 0 Å². The van der Waals surface area contributed by atoms with Crippen LogP contribution in [0.25, 0.3) is 0 Å². The Morgan fingerprint density at radius 2 is 1.91 bits per heavy atom. The van der Waals surface area contributed by atoms with Crippen LogP contribution in [0.3, 0.4) is 0 Å². The standard InChI is InChI=1S/C5H11Cl.C2H9B3/c1-2-3-4-5-6;1-2-4-5-3/h2-5H2,1H3;4-5H,2-3H2,1H3. The summed E-state index contributed by atoms with van der Waals surface area (Å²) in [7, 11) is 4.94. The summed E-state index contributed by atoms with van der Waals surface area (Å²) in [5.41, 5.74) is 0. The Bertz CT molecular complexity index is 47.0. The molecule has 0 unspecified atom stereocenters. The van der Waals surface area contributed by atoms with Crippen LogP contribution in [-0.4, -0.2) is 27.8 Å². The highest BCUT2D eigenvalue weighted by atomic mass is 35.5. The monoisotopic (exact) mass is 172 g/mol. The molecule has 0 fully saturated rings. The van der Waals surface area contributed by atoms with Crippen molar-refractivity contribution in [2.45, 2.75) is 39.4 Å². The molecular weight excluding hydrogens is 152 g/mol. The van der Waals surface area contributed by atoms with Crippen molar-refractivity contribution in [2.24, 2.45) is 0 Å². The van der Waals surface area contributed by atoms with Crippen LogP contribution in [0.1, 0.15) is 33.1 Å². The Morgan fingerprint density at radius 1 is 1.27 bits per heavy atom. The topological polar surface area (TPSA) is 0 Å². The minimum Gasteiger partial charge on any atom is -0.127 e. The van der Waals surface area contributed by atoms with Crippen molar-refractivity contribution in [3.05, 3.63) is 0 Å². The number of unbranched alkanes of at least 4 members (excludes halogenated alkanes) is 2. The molecule has 0 radical (unpaired) electrons. The molecule has 0 aliphatic rings. The van der Waals surface area contributed by atoms with Crippen LogP contribution in [-0.2, 0) is 0 Å². The van der Waals surface area contributed by atoms with Crippen molar-refractivity contribution < 1.29 is 0 Å². The lowest BCUT2D eigenvalue weighted by molar-refractivity contribution is 0.776. The fourth-order valence-electron chi connectivity index (χ4n) is 0.698. The Hall–Kier alpha value is 0.485. The molecular formula is C7H20B3Cl. The smallest absolute Gasteiger partial charge is 0.0776 e. The summed E-state index contributed by atoms with van der Waals surface area (Å²) in [6.07, 6.45) is 5.07. The molecule has 0 aliphatic heterocycles. The number of rotatable bonds is 5. The molecule has 0 bridgehead atoms. The van der Waals surface area contributed by atoms with E-state index in [9.17, 15) is 0 Å². The van der Waals surface area contributed by atoms with E-state index in [1.807, 2.05) is 0 Å². The summed E-state index contributed by atoms with van der Waals surface area (Å²) >= 11 is 5.38.